The number of nitrogens with zero attached hydrogens (tertiary/aromatic N) is 1. The van der Waals surface area contributed by atoms with Gasteiger partial charge in [0.25, 0.3) is 5.69 Å². The molecule has 0 unspecified atom stereocenters. The first-order chi connectivity index (χ1) is 10.6. The van der Waals surface area contributed by atoms with Crippen LogP contribution in [0.15, 0.2) is 48.7 Å². The minimum absolute atomic E-state index is 0.00600. The maximum Gasteiger partial charge on any atom is 0.343 e. The van der Waals surface area contributed by atoms with Gasteiger partial charge < -0.3 is 20.0 Å². The van der Waals surface area contributed by atoms with Crippen LogP contribution >= 0.6 is 0 Å². The highest BCUT2D eigenvalue weighted by molar-refractivity contribution is 6.01. The number of aromatic nitrogens is 1. The number of methoxy groups -OCH3 is 1. The molecular formula is C15H14N2O5. The van der Waals surface area contributed by atoms with E-state index >= 15 is 0 Å². The van der Waals surface area contributed by atoms with Crippen molar-refractivity contribution < 1.29 is 23.8 Å². The zero-order chi connectivity index (χ0) is 15.9. The normalized spacial score (nSPS) is 9.86. The van der Waals surface area contributed by atoms with E-state index in [1.807, 2.05) is 0 Å². The lowest BCUT2D eigenvalue weighted by molar-refractivity contribution is -0.607. The van der Waals surface area contributed by atoms with Gasteiger partial charge in [0.05, 0.1) is 7.11 Å². The third-order valence-electron chi connectivity index (χ3n) is 2.75. The highest BCUT2D eigenvalue weighted by Gasteiger charge is 2.14. The van der Waals surface area contributed by atoms with Gasteiger partial charge in [0.1, 0.15) is 5.75 Å². The third-order valence-corrected chi connectivity index (χ3v) is 2.75. The van der Waals surface area contributed by atoms with Crippen molar-refractivity contribution in [3.8, 4) is 5.75 Å². The quantitative estimate of drug-likeness (QED) is 0.508. The lowest BCUT2D eigenvalue weighted by Crippen LogP contribution is -2.36. The lowest BCUT2D eigenvalue weighted by atomic mass is 10.2. The second kappa shape index (κ2) is 7.07. The highest BCUT2D eigenvalue weighted by Crippen LogP contribution is 2.16. The summed E-state index contributed by atoms with van der Waals surface area (Å²) < 4.78 is 10.1. The fourth-order valence-electron chi connectivity index (χ4n) is 1.63. The summed E-state index contributed by atoms with van der Waals surface area (Å²) in [4.78, 5) is 22.9. The number of pyridine rings is 1. The fraction of sp³-hybridized carbons (Fsp3) is 0.133. The van der Waals surface area contributed by atoms with Gasteiger partial charge in [-0.2, -0.15) is 4.73 Å². The molecule has 0 saturated heterocycles. The maximum atomic E-state index is 11.9. The van der Waals surface area contributed by atoms with Gasteiger partial charge in [0.15, 0.2) is 12.8 Å². The predicted molar refractivity (Wildman–Crippen MR) is 77.3 cm³/mol. The van der Waals surface area contributed by atoms with E-state index in [1.54, 1.807) is 30.3 Å². The third kappa shape index (κ3) is 3.95. The van der Waals surface area contributed by atoms with Gasteiger partial charge in [-0.05, 0) is 30.3 Å². The van der Waals surface area contributed by atoms with Crippen LogP contribution in [0.4, 0.5) is 5.69 Å². The molecule has 7 heteroatoms. The summed E-state index contributed by atoms with van der Waals surface area (Å²) in [5, 5.41) is 14.1. The summed E-state index contributed by atoms with van der Waals surface area (Å²) in [5.41, 5.74) is 0.493. The summed E-state index contributed by atoms with van der Waals surface area (Å²) in [6, 6.07) is 11.0. The second-order valence-electron chi connectivity index (χ2n) is 4.25. The van der Waals surface area contributed by atoms with Gasteiger partial charge in [-0.25, -0.2) is 4.79 Å². The molecule has 0 aliphatic heterocycles. The van der Waals surface area contributed by atoms with E-state index in [-0.39, 0.29) is 12.3 Å². The number of nitrogens with one attached hydrogen (secondary N) is 1. The molecule has 0 spiro atoms. The van der Waals surface area contributed by atoms with E-state index < -0.39 is 11.9 Å². The number of esters is 1. The predicted octanol–water partition coefficient (Wildman–Crippen LogP) is 1.12. The highest BCUT2D eigenvalue weighted by atomic mass is 16.6. The van der Waals surface area contributed by atoms with E-state index in [9.17, 15) is 14.8 Å². The fourth-order valence-corrected chi connectivity index (χ4v) is 1.63. The van der Waals surface area contributed by atoms with Gasteiger partial charge in [-0.15, -0.1) is 0 Å². The molecule has 1 aromatic carbocycles. The zero-order valence-corrected chi connectivity index (χ0v) is 11.8. The SMILES string of the molecule is COC(=O)COc1ccc(NC(=O)c2cccc[n+]2[O-])cc1. The minimum Gasteiger partial charge on any atom is -0.618 e. The Morgan fingerprint density at radius 3 is 2.55 bits per heavy atom. The van der Waals surface area contributed by atoms with E-state index in [2.05, 4.69) is 10.1 Å². The van der Waals surface area contributed by atoms with E-state index in [4.69, 9.17) is 4.74 Å². The number of rotatable bonds is 5. The molecule has 7 nitrogen and oxygen atoms in total. The Balaban J connectivity index is 1.98. The number of carbonyl (C=O) groups is 2. The Kier molecular flexibility index (Phi) is 4.92. The first kappa shape index (κ1) is 15.3. The summed E-state index contributed by atoms with van der Waals surface area (Å²) in [6.07, 6.45) is 1.25. The van der Waals surface area contributed by atoms with Crippen LogP contribution in [0.2, 0.25) is 0 Å². The van der Waals surface area contributed by atoms with Crippen LogP contribution in [-0.2, 0) is 9.53 Å². The van der Waals surface area contributed by atoms with Crippen molar-refractivity contribution in [2.45, 2.75) is 0 Å². The molecule has 0 saturated carbocycles. The molecular weight excluding hydrogens is 288 g/mol. The van der Waals surface area contributed by atoms with Crippen molar-refractivity contribution in [3.05, 3.63) is 59.6 Å². The molecule has 2 aromatic rings. The number of hydrogen-bond acceptors (Lipinski definition) is 5. The average Bonchev–Trinajstić information content (AvgIpc) is 2.54. The number of anilines is 1. The minimum atomic E-state index is -0.515. The molecule has 0 aliphatic rings. The Morgan fingerprint density at radius 1 is 1.18 bits per heavy atom. The van der Waals surface area contributed by atoms with Gasteiger partial charge in [0.2, 0.25) is 0 Å². The van der Waals surface area contributed by atoms with Crippen LogP contribution in [-0.4, -0.2) is 25.6 Å². The Hall–Kier alpha value is -3.09. The van der Waals surface area contributed by atoms with Crippen molar-refractivity contribution in [3.63, 3.8) is 0 Å². The van der Waals surface area contributed by atoms with Gasteiger partial charge in [-0.3, -0.25) is 4.79 Å². The van der Waals surface area contributed by atoms with Crippen molar-refractivity contribution in [1.29, 1.82) is 0 Å². The maximum absolute atomic E-state index is 11.9. The molecule has 1 heterocycles. The van der Waals surface area contributed by atoms with E-state index in [1.165, 1.54) is 25.4 Å². The molecule has 2 rings (SSSR count). The largest absolute Gasteiger partial charge is 0.618 e. The molecule has 1 aromatic heterocycles. The standard InChI is InChI=1S/C15H14N2O5/c1-21-14(18)10-22-12-7-5-11(6-8-12)16-15(19)13-4-2-3-9-17(13)20/h2-9H,10H2,1H3,(H,16,19). The molecule has 0 atom stereocenters. The van der Waals surface area contributed by atoms with Crippen molar-refractivity contribution >= 4 is 17.6 Å². The van der Waals surface area contributed by atoms with Crippen LogP contribution in [0, 0.1) is 5.21 Å². The number of ether oxygens (including phenoxy) is 2. The summed E-state index contributed by atoms with van der Waals surface area (Å²) in [6.45, 7) is -0.192. The van der Waals surface area contributed by atoms with Crippen LogP contribution in [0.3, 0.4) is 0 Å². The molecule has 1 N–H and O–H groups in total. The number of hydrogen-bond donors (Lipinski definition) is 1. The Labute approximate surface area is 126 Å². The van der Waals surface area contributed by atoms with Crippen LogP contribution in [0.5, 0.6) is 5.75 Å². The van der Waals surface area contributed by atoms with Crippen molar-refractivity contribution in [2.75, 3.05) is 19.0 Å². The smallest absolute Gasteiger partial charge is 0.343 e. The monoisotopic (exact) mass is 302 g/mol. The average molecular weight is 302 g/mol. The van der Waals surface area contributed by atoms with Gasteiger partial charge in [0, 0.05) is 17.8 Å². The molecule has 0 bridgehead atoms. The Morgan fingerprint density at radius 2 is 1.91 bits per heavy atom. The van der Waals surface area contributed by atoms with Gasteiger partial charge in [-0.1, -0.05) is 0 Å². The summed E-state index contributed by atoms with van der Waals surface area (Å²) >= 11 is 0. The number of benzene rings is 1. The first-order valence-corrected chi connectivity index (χ1v) is 6.39. The van der Waals surface area contributed by atoms with E-state index in [0.29, 0.717) is 16.2 Å². The summed E-state index contributed by atoms with van der Waals surface area (Å²) in [5.74, 6) is -0.540. The van der Waals surface area contributed by atoms with Gasteiger partial charge >= 0.3 is 11.9 Å². The molecule has 0 aliphatic carbocycles. The number of amides is 1. The number of carbonyl (C=O) groups excluding carboxylic acids is 2. The molecule has 114 valence electrons. The topological polar surface area (TPSA) is 91.6 Å². The first-order valence-electron chi connectivity index (χ1n) is 6.39. The van der Waals surface area contributed by atoms with Crippen LogP contribution < -0.4 is 14.8 Å². The van der Waals surface area contributed by atoms with Crippen LogP contribution in [0.25, 0.3) is 0 Å². The molecule has 0 radical (unpaired) electrons. The molecule has 0 fully saturated rings. The van der Waals surface area contributed by atoms with Crippen molar-refractivity contribution in [2.24, 2.45) is 0 Å². The van der Waals surface area contributed by atoms with Crippen molar-refractivity contribution in [1.82, 2.24) is 0 Å². The zero-order valence-electron chi connectivity index (χ0n) is 11.8. The molecule has 22 heavy (non-hydrogen) atoms. The van der Waals surface area contributed by atoms with Crippen LogP contribution in [0.1, 0.15) is 10.5 Å². The molecule has 1 amide bonds. The Bertz CT molecular complexity index is 670. The van der Waals surface area contributed by atoms with E-state index in [0.717, 1.165) is 0 Å². The second-order valence-corrected chi connectivity index (χ2v) is 4.25. The summed E-state index contributed by atoms with van der Waals surface area (Å²) in [7, 11) is 1.27. The lowest BCUT2D eigenvalue weighted by Gasteiger charge is -2.07.